The number of hydrogen-bond donors (Lipinski definition) is 2. The molecule has 4 fully saturated rings. The van der Waals surface area contributed by atoms with Crippen LogP contribution in [0.3, 0.4) is 0 Å². The Morgan fingerprint density at radius 3 is 2.48 bits per heavy atom. The lowest BCUT2D eigenvalue weighted by Gasteiger charge is -2.62. The average Bonchev–Trinajstić information content (AvgIpc) is 3.04. The van der Waals surface area contributed by atoms with Gasteiger partial charge in [0.15, 0.2) is 5.78 Å². The van der Waals surface area contributed by atoms with Gasteiger partial charge in [0.2, 0.25) is 0 Å². The van der Waals surface area contributed by atoms with Gasteiger partial charge in [-0.1, -0.05) is 27.4 Å². The zero-order valence-electron chi connectivity index (χ0n) is 18.8. The third-order valence-electron chi connectivity index (χ3n) is 10.5. The zero-order chi connectivity index (χ0) is 21.0. The van der Waals surface area contributed by atoms with Crippen LogP contribution >= 0.6 is 0 Å². The smallest absolute Gasteiger partial charge is 0.155 e. The van der Waals surface area contributed by atoms with Crippen molar-refractivity contribution in [1.29, 1.82) is 0 Å². The molecule has 0 radical (unpaired) electrons. The van der Waals surface area contributed by atoms with Gasteiger partial charge in [0, 0.05) is 6.42 Å². The van der Waals surface area contributed by atoms with Crippen molar-refractivity contribution in [3.05, 3.63) is 12.7 Å². The van der Waals surface area contributed by atoms with Crippen LogP contribution in [0.1, 0.15) is 85.0 Å². The number of hydrogen-bond acceptors (Lipinski definition) is 3. The summed E-state index contributed by atoms with van der Waals surface area (Å²) in [5.41, 5.74) is 0.598. The molecule has 0 amide bonds. The van der Waals surface area contributed by atoms with E-state index in [9.17, 15) is 15.0 Å². The fourth-order valence-electron chi connectivity index (χ4n) is 8.85. The molecule has 4 saturated carbocycles. The lowest BCUT2D eigenvalue weighted by atomic mass is 9.43. The van der Waals surface area contributed by atoms with E-state index in [1.54, 1.807) is 0 Å². The fraction of sp³-hybridized carbons (Fsp3) is 0.885. The Morgan fingerprint density at radius 2 is 1.76 bits per heavy atom. The van der Waals surface area contributed by atoms with Crippen molar-refractivity contribution in [3.8, 4) is 0 Å². The van der Waals surface area contributed by atoms with Crippen molar-refractivity contribution in [2.24, 2.45) is 46.3 Å². The highest BCUT2D eigenvalue weighted by Crippen LogP contribution is 2.68. The largest absolute Gasteiger partial charge is 0.393 e. The Bertz CT molecular complexity index is 644. The van der Waals surface area contributed by atoms with E-state index in [-0.39, 0.29) is 18.0 Å². The monoisotopic (exact) mass is 402 g/mol. The molecule has 4 aliphatic carbocycles. The molecule has 0 spiro atoms. The lowest BCUT2D eigenvalue weighted by molar-refractivity contribution is -0.174. The maximum absolute atomic E-state index is 11.7. The average molecular weight is 403 g/mol. The number of rotatable bonds is 5. The minimum atomic E-state index is -0.204. The first kappa shape index (κ1) is 21.6. The second kappa shape index (κ2) is 7.79. The number of aliphatic hydroxyl groups is 2. The zero-order valence-corrected chi connectivity index (χ0v) is 18.8. The van der Waals surface area contributed by atoms with Gasteiger partial charge in [-0.2, -0.15) is 0 Å². The summed E-state index contributed by atoms with van der Waals surface area (Å²) in [6.45, 7) is 10.9. The van der Waals surface area contributed by atoms with Crippen molar-refractivity contribution < 1.29 is 15.0 Å². The summed E-state index contributed by atoms with van der Waals surface area (Å²) < 4.78 is 0. The number of carbonyl (C=O) groups is 1. The molecule has 0 aromatic carbocycles. The van der Waals surface area contributed by atoms with Gasteiger partial charge < -0.3 is 10.2 Å². The molecular formula is C26H42O3. The highest BCUT2D eigenvalue weighted by Gasteiger charge is 2.62. The molecule has 0 heterocycles. The van der Waals surface area contributed by atoms with E-state index in [0.717, 1.165) is 32.1 Å². The molecule has 2 N–H and O–H groups in total. The second-order valence-electron chi connectivity index (χ2n) is 11.6. The van der Waals surface area contributed by atoms with Crippen LogP contribution in [0.5, 0.6) is 0 Å². The third kappa shape index (κ3) is 3.45. The molecule has 0 unspecified atom stereocenters. The molecule has 0 bridgehead atoms. The Balaban J connectivity index is 1.53. The molecule has 4 rings (SSSR count). The Labute approximate surface area is 177 Å². The Hall–Kier alpha value is -0.670. The molecule has 0 aromatic rings. The quantitative estimate of drug-likeness (QED) is 0.625. The van der Waals surface area contributed by atoms with Gasteiger partial charge in [0.25, 0.3) is 0 Å². The van der Waals surface area contributed by atoms with Crippen molar-refractivity contribution in [1.82, 2.24) is 0 Å². The minimum Gasteiger partial charge on any atom is -0.393 e. The summed E-state index contributed by atoms with van der Waals surface area (Å²) in [5.74, 6) is 3.52. The molecule has 0 aliphatic heterocycles. The standard InChI is InChI=1S/C26H42O3/c1-5-18(27)7-6-16(2)20-8-9-21-24-22(11-13-26(20,21)4)25(3)12-10-19(28)14-17(25)15-23(24)29/h5,16-17,19-24,28-29H,1,6-15H2,2-4H3/t16-,17+,19-,20-,21+,22+,23-,24+,25+,26-/m1/s1. The SMILES string of the molecule is C=CC(=O)CC[C@@H](C)[C@H]1CC[C@H]2[C@@H]3[C@H](O)C[C@@H]4C[C@H](O)CC[C@]4(C)[C@H]3CC[C@]12C. The first-order chi connectivity index (χ1) is 13.7. The highest BCUT2D eigenvalue weighted by atomic mass is 16.3. The summed E-state index contributed by atoms with van der Waals surface area (Å²) in [7, 11) is 0. The molecule has 29 heavy (non-hydrogen) atoms. The van der Waals surface area contributed by atoms with Crippen LogP contribution in [0.4, 0.5) is 0 Å². The van der Waals surface area contributed by atoms with Gasteiger partial charge in [-0.25, -0.2) is 0 Å². The van der Waals surface area contributed by atoms with Gasteiger partial charge in [-0.3, -0.25) is 4.79 Å². The van der Waals surface area contributed by atoms with Gasteiger partial charge in [0.1, 0.15) is 0 Å². The topological polar surface area (TPSA) is 57.5 Å². The highest BCUT2D eigenvalue weighted by molar-refractivity contribution is 5.88. The molecule has 4 aliphatic rings. The molecule has 0 saturated heterocycles. The van der Waals surface area contributed by atoms with Gasteiger partial charge in [-0.15, -0.1) is 0 Å². The maximum atomic E-state index is 11.7. The van der Waals surface area contributed by atoms with Gasteiger partial charge in [-0.05, 0) is 110 Å². The number of aliphatic hydroxyl groups excluding tert-OH is 2. The number of carbonyl (C=O) groups excluding carboxylic acids is 1. The predicted molar refractivity (Wildman–Crippen MR) is 116 cm³/mol. The van der Waals surface area contributed by atoms with Crippen LogP contribution in [0, 0.1) is 46.3 Å². The third-order valence-corrected chi connectivity index (χ3v) is 10.5. The summed E-state index contributed by atoms with van der Waals surface area (Å²) in [6, 6.07) is 0. The van der Waals surface area contributed by atoms with E-state index in [1.165, 1.54) is 31.8 Å². The van der Waals surface area contributed by atoms with E-state index in [4.69, 9.17) is 0 Å². The first-order valence-electron chi connectivity index (χ1n) is 12.2. The molecule has 3 heteroatoms. The van der Waals surface area contributed by atoms with Crippen LogP contribution in [-0.2, 0) is 4.79 Å². The number of ketones is 1. The molecule has 164 valence electrons. The van der Waals surface area contributed by atoms with E-state index >= 15 is 0 Å². The van der Waals surface area contributed by atoms with Crippen molar-refractivity contribution in [3.63, 3.8) is 0 Å². The van der Waals surface area contributed by atoms with Crippen LogP contribution in [-0.4, -0.2) is 28.2 Å². The lowest BCUT2D eigenvalue weighted by Crippen LogP contribution is -2.58. The number of allylic oxidation sites excluding steroid dienone is 1. The van der Waals surface area contributed by atoms with E-state index in [0.29, 0.717) is 52.8 Å². The van der Waals surface area contributed by atoms with E-state index in [1.807, 2.05) is 0 Å². The maximum Gasteiger partial charge on any atom is 0.155 e. The van der Waals surface area contributed by atoms with Gasteiger partial charge in [0.05, 0.1) is 12.2 Å². The van der Waals surface area contributed by atoms with E-state index in [2.05, 4.69) is 27.4 Å². The summed E-state index contributed by atoms with van der Waals surface area (Å²) in [6.07, 6.45) is 11.5. The van der Waals surface area contributed by atoms with Crippen LogP contribution < -0.4 is 0 Å². The van der Waals surface area contributed by atoms with Crippen LogP contribution in [0.25, 0.3) is 0 Å². The van der Waals surface area contributed by atoms with Gasteiger partial charge >= 0.3 is 0 Å². The van der Waals surface area contributed by atoms with Crippen molar-refractivity contribution >= 4 is 5.78 Å². The second-order valence-corrected chi connectivity index (χ2v) is 11.6. The Morgan fingerprint density at radius 1 is 1.07 bits per heavy atom. The minimum absolute atomic E-state index is 0.166. The van der Waals surface area contributed by atoms with Crippen molar-refractivity contribution in [2.45, 2.75) is 97.2 Å². The first-order valence-corrected chi connectivity index (χ1v) is 12.2. The number of fused-ring (bicyclic) bond motifs is 5. The van der Waals surface area contributed by atoms with E-state index < -0.39 is 0 Å². The predicted octanol–water partition coefficient (Wildman–Crippen LogP) is 5.15. The molecule has 0 aromatic heterocycles. The normalized spacial score (nSPS) is 50.2. The van der Waals surface area contributed by atoms with Crippen LogP contribution in [0.15, 0.2) is 12.7 Å². The molecule has 10 atom stereocenters. The summed E-state index contributed by atoms with van der Waals surface area (Å²) in [5, 5.41) is 21.5. The fourth-order valence-corrected chi connectivity index (χ4v) is 8.85. The summed E-state index contributed by atoms with van der Waals surface area (Å²) >= 11 is 0. The molecule has 3 nitrogen and oxygen atoms in total. The Kier molecular flexibility index (Phi) is 5.79. The summed E-state index contributed by atoms with van der Waals surface area (Å²) in [4.78, 5) is 11.7. The van der Waals surface area contributed by atoms with Crippen molar-refractivity contribution in [2.75, 3.05) is 0 Å². The van der Waals surface area contributed by atoms with Crippen LogP contribution in [0.2, 0.25) is 0 Å². The molecular weight excluding hydrogens is 360 g/mol.